The van der Waals surface area contributed by atoms with E-state index in [2.05, 4.69) is 10.1 Å². The minimum Gasteiger partial charge on any atom is -0.475 e. The molecule has 1 unspecified atom stereocenters. The predicted molar refractivity (Wildman–Crippen MR) is 124 cm³/mol. The van der Waals surface area contributed by atoms with E-state index in [9.17, 15) is 31.1 Å². The fraction of sp³-hybridized carbons (Fsp3) is 0.500. The van der Waals surface area contributed by atoms with Gasteiger partial charge in [-0.2, -0.15) is 31.4 Å². The molecule has 2 aromatic heterocycles. The molecular formula is C22H24F6N4O6S. The summed E-state index contributed by atoms with van der Waals surface area (Å²) in [4.78, 5) is 36.7. The lowest BCUT2D eigenvalue weighted by molar-refractivity contribution is -0.193. The molecule has 2 N–H and O–H groups in total. The number of likely N-dealkylation sites (tertiary alicyclic amines) is 1. The van der Waals surface area contributed by atoms with Gasteiger partial charge in [-0.05, 0) is 26.0 Å². The number of alkyl halides is 6. The minimum absolute atomic E-state index is 0.0859. The number of carbonyl (C=O) groups excluding carboxylic acids is 1. The Morgan fingerprint density at radius 1 is 1.10 bits per heavy atom. The maximum Gasteiger partial charge on any atom is 0.490 e. The fourth-order valence-electron chi connectivity index (χ4n) is 3.60. The van der Waals surface area contributed by atoms with E-state index in [1.165, 1.54) is 0 Å². The molecule has 0 saturated carbocycles. The molecule has 0 radical (unpaired) electrons. The van der Waals surface area contributed by atoms with Crippen LogP contribution < -0.4 is 4.74 Å². The molecule has 4 rings (SSSR count). The van der Waals surface area contributed by atoms with Crippen molar-refractivity contribution in [2.24, 2.45) is 0 Å². The first-order valence-electron chi connectivity index (χ1n) is 11.1. The number of aliphatic carboxylic acids is 2. The van der Waals surface area contributed by atoms with Crippen molar-refractivity contribution >= 4 is 29.6 Å². The Labute approximate surface area is 221 Å². The van der Waals surface area contributed by atoms with E-state index in [-0.39, 0.29) is 16.8 Å². The molecule has 10 nitrogen and oxygen atoms in total. The van der Waals surface area contributed by atoms with Crippen LogP contribution >= 0.6 is 11.8 Å². The molecule has 2 saturated heterocycles. The Morgan fingerprint density at radius 2 is 1.67 bits per heavy atom. The summed E-state index contributed by atoms with van der Waals surface area (Å²) in [5.41, 5.74) is 1.58. The van der Waals surface area contributed by atoms with Gasteiger partial charge in [0.15, 0.2) is 0 Å². The van der Waals surface area contributed by atoms with Crippen molar-refractivity contribution in [1.29, 1.82) is 0 Å². The van der Waals surface area contributed by atoms with Crippen LogP contribution in [0.15, 0.2) is 30.5 Å². The van der Waals surface area contributed by atoms with Gasteiger partial charge in [0, 0.05) is 44.1 Å². The molecule has 2 fully saturated rings. The van der Waals surface area contributed by atoms with Crippen molar-refractivity contribution in [3.63, 3.8) is 0 Å². The molecule has 2 aliphatic rings. The minimum atomic E-state index is -5.08. The average Bonchev–Trinajstić information content (AvgIpc) is 3.41. The SMILES string of the molecule is CCn1nc(C)cc1C(=O)N1CC2(CC(Oc3ccccn3)CS2)C1.O=C(O)C(F)(F)F.O=C(O)C(F)(F)F. The molecule has 2 aromatic rings. The van der Waals surface area contributed by atoms with Gasteiger partial charge >= 0.3 is 24.3 Å². The van der Waals surface area contributed by atoms with Gasteiger partial charge in [-0.3, -0.25) is 9.48 Å². The van der Waals surface area contributed by atoms with E-state index in [4.69, 9.17) is 24.5 Å². The van der Waals surface area contributed by atoms with Crippen LogP contribution in [-0.4, -0.2) is 89.8 Å². The van der Waals surface area contributed by atoms with Gasteiger partial charge in [-0.25, -0.2) is 14.6 Å². The zero-order valence-electron chi connectivity index (χ0n) is 20.5. The van der Waals surface area contributed by atoms with Crippen LogP contribution in [0.1, 0.15) is 29.5 Å². The quantitative estimate of drug-likeness (QED) is 0.515. The highest BCUT2D eigenvalue weighted by molar-refractivity contribution is 8.01. The standard InChI is InChI=1S/C18H22N4O2S.2C2HF3O2/c1-3-22-15(8-13(2)20-22)17(23)21-11-18(12-21)9-14(10-25-18)24-16-6-4-5-7-19-16;2*3-2(4,5)1(6)7/h4-8,14H,3,9-12H2,1-2H3;2*(H,6,7). The van der Waals surface area contributed by atoms with Gasteiger partial charge in [0.2, 0.25) is 5.88 Å². The Balaban J connectivity index is 0.000000317. The second-order valence-electron chi connectivity index (χ2n) is 8.36. The predicted octanol–water partition coefficient (Wildman–Crippen LogP) is 3.65. The molecule has 0 bridgehead atoms. The van der Waals surface area contributed by atoms with Crippen LogP contribution in [0.5, 0.6) is 5.88 Å². The van der Waals surface area contributed by atoms with Crippen molar-refractivity contribution in [2.45, 2.75) is 50.0 Å². The van der Waals surface area contributed by atoms with E-state index in [1.54, 1.807) is 10.9 Å². The number of carbonyl (C=O) groups is 3. The first kappa shape index (κ1) is 31.7. The molecule has 0 aromatic carbocycles. The number of hydrogen-bond acceptors (Lipinski definition) is 7. The fourth-order valence-corrected chi connectivity index (χ4v) is 5.12. The molecule has 1 atom stereocenters. The lowest BCUT2D eigenvalue weighted by Crippen LogP contribution is -2.61. The third kappa shape index (κ3) is 9.04. The van der Waals surface area contributed by atoms with Crippen LogP contribution in [0.25, 0.3) is 0 Å². The summed E-state index contributed by atoms with van der Waals surface area (Å²) in [7, 11) is 0. The van der Waals surface area contributed by atoms with Crippen molar-refractivity contribution in [2.75, 3.05) is 18.8 Å². The van der Waals surface area contributed by atoms with Gasteiger partial charge in [-0.1, -0.05) is 6.07 Å². The number of thioether (sulfide) groups is 1. The first-order chi connectivity index (χ1) is 18.0. The number of amides is 1. The number of nitrogens with zero attached hydrogens (tertiary/aromatic N) is 4. The number of aromatic nitrogens is 3. The van der Waals surface area contributed by atoms with Crippen LogP contribution in [0.3, 0.4) is 0 Å². The third-order valence-electron chi connectivity index (χ3n) is 5.25. The van der Waals surface area contributed by atoms with E-state index < -0.39 is 24.3 Å². The number of rotatable bonds is 4. The molecular weight excluding hydrogens is 562 g/mol. The number of ether oxygens (including phenoxy) is 1. The molecule has 216 valence electrons. The topological polar surface area (TPSA) is 135 Å². The summed E-state index contributed by atoms with van der Waals surface area (Å²) < 4.78 is 71.4. The van der Waals surface area contributed by atoms with E-state index >= 15 is 0 Å². The van der Waals surface area contributed by atoms with Crippen LogP contribution in [0, 0.1) is 6.92 Å². The first-order valence-corrected chi connectivity index (χ1v) is 12.1. The zero-order chi connectivity index (χ0) is 29.6. The summed E-state index contributed by atoms with van der Waals surface area (Å²) in [6.07, 6.45) is -7.29. The summed E-state index contributed by atoms with van der Waals surface area (Å²) >= 11 is 1.92. The molecule has 4 heterocycles. The van der Waals surface area contributed by atoms with Crippen molar-refractivity contribution in [3.8, 4) is 5.88 Å². The van der Waals surface area contributed by atoms with E-state index in [1.807, 2.05) is 54.8 Å². The Bertz CT molecular complexity index is 1130. The Kier molecular flexibility index (Phi) is 10.2. The second kappa shape index (κ2) is 12.6. The largest absolute Gasteiger partial charge is 0.490 e. The normalized spacial score (nSPS) is 17.7. The second-order valence-corrected chi connectivity index (χ2v) is 9.85. The lowest BCUT2D eigenvalue weighted by Gasteiger charge is -2.47. The maximum atomic E-state index is 12.7. The summed E-state index contributed by atoms with van der Waals surface area (Å²) in [6.45, 7) is 6.21. The average molecular weight is 587 g/mol. The summed E-state index contributed by atoms with van der Waals surface area (Å²) in [5, 5.41) is 18.6. The highest BCUT2D eigenvalue weighted by Gasteiger charge is 2.51. The summed E-state index contributed by atoms with van der Waals surface area (Å²) in [5.74, 6) is -3.80. The lowest BCUT2D eigenvalue weighted by atomic mass is 9.92. The van der Waals surface area contributed by atoms with Gasteiger partial charge in [0.25, 0.3) is 5.91 Å². The van der Waals surface area contributed by atoms with E-state index in [0.29, 0.717) is 18.1 Å². The van der Waals surface area contributed by atoms with Gasteiger partial charge in [0.1, 0.15) is 11.8 Å². The highest BCUT2D eigenvalue weighted by atomic mass is 32.2. The summed E-state index contributed by atoms with van der Waals surface area (Å²) in [6, 6.07) is 7.59. The smallest absolute Gasteiger partial charge is 0.475 e. The number of halogens is 6. The van der Waals surface area contributed by atoms with Gasteiger partial charge < -0.3 is 19.8 Å². The maximum absolute atomic E-state index is 12.7. The molecule has 17 heteroatoms. The molecule has 39 heavy (non-hydrogen) atoms. The molecule has 0 aliphatic carbocycles. The monoisotopic (exact) mass is 586 g/mol. The van der Waals surface area contributed by atoms with Gasteiger partial charge in [0.05, 0.1) is 10.4 Å². The molecule has 1 spiro atoms. The zero-order valence-corrected chi connectivity index (χ0v) is 21.3. The molecule has 2 aliphatic heterocycles. The van der Waals surface area contributed by atoms with Gasteiger partial charge in [-0.15, -0.1) is 11.8 Å². The number of pyridine rings is 1. The number of hydrogen-bond donors (Lipinski definition) is 2. The number of aryl methyl sites for hydroxylation is 2. The number of carboxylic acids is 2. The van der Waals surface area contributed by atoms with Crippen LogP contribution in [-0.2, 0) is 16.1 Å². The Morgan fingerprint density at radius 3 is 2.13 bits per heavy atom. The van der Waals surface area contributed by atoms with Crippen molar-refractivity contribution < 1.29 is 55.7 Å². The van der Waals surface area contributed by atoms with Crippen LogP contribution in [0.2, 0.25) is 0 Å². The van der Waals surface area contributed by atoms with Crippen molar-refractivity contribution in [3.05, 3.63) is 41.9 Å². The number of carboxylic acid groups (broad SMARTS) is 2. The Hall–Kier alpha value is -3.50. The highest BCUT2D eigenvalue weighted by Crippen LogP contribution is 2.46. The van der Waals surface area contributed by atoms with Crippen molar-refractivity contribution in [1.82, 2.24) is 19.7 Å². The van der Waals surface area contributed by atoms with E-state index in [0.717, 1.165) is 31.0 Å². The van der Waals surface area contributed by atoms with Crippen LogP contribution in [0.4, 0.5) is 26.3 Å². The third-order valence-corrected chi connectivity index (χ3v) is 6.83. The molecule has 1 amide bonds.